The number of halogens is 1. The maximum atomic E-state index is 5.88. The van der Waals surface area contributed by atoms with Crippen LogP contribution in [0.4, 0.5) is 0 Å². The van der Waals surface area contributed by atoms with Crippen molar-refractivity contribution in [1.29, 1.82) is 0 Å². The summed E-state index contributed by atoms with van der Waals surface area (Å²) in [7, 11) is 0. The molecule has 0 radical (unpaired) electrons. The Kier molecular flexibility index (Phi) is 5.59. The first kappa shape index (κ1) is 14.7. The summed E-state index contributed by atoms with van der Waals surface area (Å²) in [5.41, 5.74) is 1.23. The van der Waals surface area contributed by atoms with Crippen molar-refractivity contribution in [2.75, 3.05) is 6.54 Å². The first-order valence-corrected chi connectivity index (χ1v) is 8.18. The van der Waals surface area contributed by atoms with Crippen molar-refractivity contribution in [1.82, 2.24) is 5.32 Å². The van der Waals surface area contributed by atoms with Gasteiger partial charge in [-0.05, 0) is 23.6 Å². The Morgan fingerprint density at radius 1 is 1.32 bits per heavy atom. The van der Waals surface area contributed by atoms with E-state index in [9.17, 15) is 0 Å². The molecule has 0 fully saturated rings. The maximum absolute atomic E-state index is 5.88. The van der Waals surface area contributed by atoms with Crippen LogP contribution in [-0.4, -0.2) is 17.0 Å². The van der Waals surface area contributed by atoms with E-state index in [4.69, 9.17) is 11.6 Å². The fourth-order valence-electron chi connectivity index (χ4n) is 2.33. The molecule has 0 bridgehead atoms. The highest BCUT2D eigenvalue weighted by Crippen LogP contribution is 2.30. The molecule has 1 aromatic carbocycles. The highest BCUT2D eigenvalue weighted by molar-refractivity contribution is 8.14. The lowest BCUT2D eigenvalue weighted by Gasteiger charge is -2.18. The van der Waals surface area contributed by atoms with Gasteiger partial charge in [-0.25, -0.2) is 0 Å². The first-order valence-electron chi connectivity index (χ1n) is 6.92. The molecule has 19 heavy (non-hydrogen) atoms. The molecular weight excluding hydrogens is 276 g/mol. The molecule has 0 aromatic heterocycles. The third-order valence-corrected chi connectivity index (χ3v) is 5.19. The summed E-state index contributed by atoms with van der Waals surface area (Å²) < 4.78 is 0. The van der Waals surface area contributed by atoms with Gasteiger partial charge in [0.1, 0.15) is 0 Å². The van der Waals surface area contributed by atoms with E-state index < -0.39 is 0 Å². The Hall–Kier alpha value is -0.670. The molecule has 0 saturated heterocycles. The largest absolute Gasteiger partial charge is 0.361 e. The Balaban J connectivity index is 1.80. The fourth-order valence-corrected chi connectivity index (χ4v) is 3.77. The molecule has 0 spiro atoms. The van der Waals surface area contributed by atoms with Crippen LogP contribution < -0.4 is 5.32 Å². The molecule has 1 N–H and O–H groups in total. The highest BCUT2D eigenvalue weighted by Gasteiger charge is 2.25. The van der Waals surface area contributed by atoms with Crippen molar-refractivity contribution in [3.05, 3.63) is 34.9 Å². The number of hydrogen-bond acceptors (Lipinski definition) is 3. The van der Waals surface area contributed by atoms with Crippen molar-refractivity contribution in [2.45, 2.75) is 38.5 Å². The number of aliphatic imine (C=N–C) groups is 1. The Labute approximate surface area is 125 Å². The lowest BCUT2D eigenvalue weighted by atomic mass is 9.99. The minimum atomic E-state index is 0.655. The van der Waals surface area contributed by atoms with E-state index in [2.05, 4.69) is 24.2 Å². The zero-order valence-corrected chi connectivity index (χ0v) is 13.1. The molecule has 104 valence electrons. The molecule has 1 heterocycles. The Morgan fingerprint density at radius 2 is 2.00 bits per heavy atom. The summed E-state index contributed by atoms with van der Waals surface area (Å²) in [4.78, 5) is 4.61. The Morgan fingerprint density at radius 3 is 2.63 bits per heavy atom. The van der Waals surface area contributed by atoms with Crippen LogP contribution in [0.15, 0.2) is 29.3 Å². The van der Waals surface area contributed by atoms with Crippen LogP contribution in [0.5, 0.6) is 0 Å². The van der Waals surface area contributed by atoms with Gasteiger partial charge in [-0.2, -0.15) is 0 Å². The van der Waals surface area contributed by atoms with Gasteiger partial charge >= 0.3 is 0 Å². The topological polar surface area (TPSA) is 24.4 Å². The average Bonchev–Trinajstić information content (AvgIpc) is 2.88. The monoisotopic (exact) mass is 296 g/mol. The normalized spacial score (nSPS) is 18.7. The lowest BCUT2D eigenvalue weighted by Crippen LogP contribution is -2.21. The smallest absolute Gasteiger partial charge is 0.157 e. The molecule has 1 atom stereocenters. The van der Waals surface area contributed by atoms with E-state index >= 15 is 0 Å². The van der Waals surface area contributed by atoms with Crippen molar-refractivity contribution in [3.63, 3.8) is 0 Å². The quantitative estimate of drug-likeness (QED) is 0.874. The van der Waals surface area contributed by atoms with E-state index in [1.807, 2.05) is 36.0 Å². The number of nitrogens with zero attached hydrogens (tertiary/aromatic N) is 1. The minimum absolute atomic E-state index is 0.655. The van der Waals surface area contributed by atoms with Crippen LogP contribution in [-0.2, 0) is 6.54 Å². The number of rotatable bonds is 5. The SMILES string of the molecule is CCC(CC)C1CN=C(NCc2ccc(Cl)cc2)S1. The summed E-state index contributed by atoms with van der Waals surface area (Å²) >= 11 is 7.78. The second-order valence-corrected chi connectivity index (χ2v) is 6.52. The van der Waals surface area contributed by atoms with Crippen molar-refractivity contribution < 1.29 is 0 Å². The predicted molar refractivity (Wildman–Crippen MR) is 86.0 cm³/mol. The van der Waals surface area contributed by atoms with Gasteiger partial charge < -0.3 is 5.32 Å². The van der Waals surface area contributed by atoms with E-state index in [1.54, 1.807) is 0 Å². The van der Waals surface area contributed by atoms with E-state index in [0.717, 1.165) is 29.2 Å². The summed E-state index contributed by atoms with van der Waals surface area (Å²) in [6.45, 7) is 6.32. The zero-order chi connectivity index (χ0) is 13.7. The number of thioether (sulfide) groups is 1. The maximum Gasteiger partial charge on any atom is 0.157 e. The van der Waals surface area contributed by atoms with Crippen LogP contribution in [0.3, 0.4) is 0 Å². The van der Waals surface area contributed by atoms with Crippen LogP contribution >= 0.6 is 23.4 Å². The van der Waals surface area contributed by atoms with Crippen LogP contribution in [0.25, 0.3) is 0 Å². The van der Waals surface area contributed by atoms with Crippen LogP contribution in [0.1, 0.15) is 32.3 Å². The number of nitrogens with one attached hydrogen (secondary N) is 1. The molecule has 1 aliphatic rings. The van der Waals surface area contributed by atoms with Gasteiger partial charge in [0.05, 0.1) is 6.54 Å². The zero-order valence-electron chi connectivity index (χ0n) is 11.5. The second-order valence-electron chi connectivity index (χ2n) is 4.86. The minimum Gasteiger partial charge on any atom is -0.361 e. The molecule has 1 aromatic rings. The molecule has 2 rings (SSSR count). The molecule has 1 unspecified atom stereocenters. The molecule has 0 aliphatic carbocycles. The predicted octanol–water partition coefficient (Wildman–Crippen LogP) is 4.34. The molecule has 0 amide bonds. The standard InChI is InChI=1S/C15H21ClN2S/c1-3-12(4-2)14-10-18-15(19-14)17-9-11-5-7-13(16)8-6-11/h5-8,12,14H,3-4,9-10H2,1-2H3,(H,17,18). The van der Waals surface area contributed by atoms with Crippen LogP contribution in [0, 0.1) is 5.92 Å². The van der Waals surface area contributed by atoms with Gasteiger partial charge in [0, 0.05) is 16.8 Å². The van der Waals surface area contributed by atoms with E-state index in [0.29, 0.717) is 5.25 Å². The fraction of sp³-hybridized carbons (Fsp3) is 0.533. The number of amidine groups is 1. The van der Waals surface area contributed by atoms with Gasteiger partial charge in [0.15, 0.2) is 5.17 Å². The number of benzene rings is 1. The first-order chi connectivity index (χ1) is 9.22. The van der Waals surface area contributed by atoms with Gasteiger partial charge in [0.25, 0.3) is 0 Å². The highest BCUT2D eigenvalue weighted by atomic mass is 35.5. The Bertz CT molecular complexity index is 426. The third kappa shape index (κ3) is 4.15. The van der Waals surface area contributed by atoms with E-state index in [1.165, 1.54) is 18.4 Å². The van der Waals surface area contributed by atoms with Gasteiger partial charge in [-0.1, -0.05) is 62.2 Å². The molecule has 4 heteroatoms. The summed E-state index contributed by atoms with van der Waals surface area (Å²) in [6.07, 6.45) is 2.49. The number of hydrogen-bond donors (Lipinski definition) is 1. The average molecular weight is 297 g/mol. The lowest BCUT2D eigenvalue weighted by molar-refractivity contribution is 0.479. The summed E-state index contributed by atoms with van der Waals surface area (Å²) in [5.74, 6) is 0.781. The van der Waals surface area contributed by atoms with Crippen molar-refractivity contribution in [3.8, 4) is 0 Å². The van der Waals surface area contributed by atoms with Crippen molar-refractivity contribution in [2.24, 2.45) is 10.9 Å². The molecular formula is C15H21ClN2S. The molecule has 0 saturated carbocycles. The van der Waals surface area contributed by atoms with E-state index in [-0.39, 0.29) is 0 Å². The third-order valence-electron chi connectivity index (χ3n) is 3.61. The second kappa shape index (κ2) is 7.20. The van der Waals surface area contributed by atoms with Crippen molar-refractivity contribution >= 4 is 28.5 Å². The molecule has 2 nitrogen and oxygen atoms in total. The van der Waals surface area contributed by atoms with Gasteiger partial charge in [-0.3, -0.25) is 4.99 Å². The summed E-state index contributed by atoms with van der Waals surface area (Å²) in [5, 5.41) is 5.95. The van der Waals surface area contributed by atoms with Gasteiger partial charge in [-0.15, -0.1) is 0 Å². The summed E-state index contributed by atoms with van der Waals surface area (Å²) in [6, 6.07) is 7.95. The van der Waals surface area contributed by atoms with Gasteiger partial charge in [0.2, 0.25) is 0 Å². The van der Waals surface area contributed by atoms with Crippen LogP contribution in [0.2, 0.25) is 5.02 Å². The molecule has 1 aliphatic heterocycles.